The maximum Gasteiger partial charge on any atom is 0.346 e. The molecule has 0 aliphatic carbocycles. The number of ether oxygens (including phenoxy) is 4. The zero-order chi connectivity index (χ0) is 46.2. The third-order valence-electron chi connectivity index (χ3n) is 11.6. The molecule has 12 rings (SSSR count). The lowest BCUT2D eigenvalue weighted by atomic mass is 9.93. The van der Waals surface area contributed by atoms with Gasteiger partial charge in [-0.15, -0.1) is 68.9 Å². The number of aromatic nitrogens is 1. The molecule has 68 heavy (non-hydrogen) atoms. The van der Waals surface area contributed by atoms with Crippen molar-refractivity contribution in [2.24, 2.45) is 0 Å². The predicted molar refractivity (Wildman–Crippen MR) is 273 cm³/mol. The van der Waals surface area contributed by atoms with Crippen molar-refractivity contribution >= 4 is 123 Å². The van der Waals surface area contributed by atoms with Gasteiger partial charge in [-0.3, -0.25) is 0 Å². The Labute approximate surface area is 411 Å². The summed E-state index contributed by atoms with van der Waals surface area (Å²) in [6, 6.07) is 30.6. The zero-order valence-corrected chi connectivity index (χ0v) is 39.8. The lowest BCUT2D eigenvalue weighted by Gasteiger charge is -2.18. The lowest BCUT2D eigenvalue weighted by molar-refractivity contribution is -0.133. The summed E-state index contributed by atoms with van der Waals surface area (Å²) in [4.78, 5) is 35.6. The molecule has 8 aromatic rings. The van der Waals surface area contributed by atoms with Gasteiger partial charge in [0.25, 0.3) is 0 Å². The van der Waals surface area contributed by atoms with E-state index >= 15 is 0 Å². The second-order valence-electron chi connectivity index (χ2n) is 15.8. The van der Waals surface area contributed by atoms with Gasteiger partial charge in [0, 0.05) is 50.9 Å². The standard InChI is InChI=1S/C51H29N3O8S6/c52-22-27(50(55)56)14-29-18-35-37(63-29)20-39(65-35)48-44-42(59-10-12-61-44)46(67-48)25-6-8-33-31(16-25)41(24-4-2-1-3-5-24)32-17-26(7-9-34(32)54-33)47-43-45(62-13-11-60-43)49(68-47)40-21-38-36(66-40)19-30(64-38)15-28(23-53)51(57)58/h1-9,14-21,35,37H,10-13H2,(H,55,56)(H,57,58)/b27-14+,28-15+. The number of fused-ring (bicyclic) bond motifs is 6. The van der Waals surface area contributed by atoms with Crippen molar-refractivity contribution in [2.45, 2.75) is 10.5 Å². The fraction of sp³-hybridized carbons (Fsp3) is 0.118. The second-order valence-corrected chi connectivity index (χ2v) is 22.5. The molecule has 0 bridgehead atoms. The second kappa shape index (κ2) is 17.0. The molecule has 0 radical (unpaired) electrons. The molecule has 0 saturated carbocycles. The van der Waals surface area contributed by atoms with E-state index in [2.05, 4.69) is 60.7 Å². The van der Waals surface area contributed by atoms with Gasteiger partial charge in [0.05, 0.1) is 35.4 Å². The minimum Gasteiger partial charge on any atom is -0.485 e. The quantitative estimate of drug-likeness (QED) is 0.0795. The Hall–Kier alpha value is -6.83. The number of aliphatic carboxylic acids is 2. The van der Waals surface area contributed by atoms with Crippen molar-refractivity contribution in [3.8, 4) is 76.9 Å². The van der Waals surface area contributed by atoms with E-state index < -0.39 is 11.9 Å². The molecule has 2 unspecified atom stereocenters. The highest BCUT2D eigenvalue weighted by molar-refractivity contribution is 8.12. The largest absolute Gasteiger partial charge is 0.485 e. The Morgan fingerprint density at radius 3 is 1.75 bits per heavy atom. The van der Waals surface area contributed by atoms with Crippen LogP contribution in [-0.4, -0.2) is 64.1 Å². The number of rotatable bonds is 9. The molecule has 0 amide bonds. The number of nitrogens with zero attached hydrogens (tertiary/aromatic N) is 3. The first kappa shape index (κ1) is 42.5. The zero-order valence-electron chi connectivity index (χ0n) is 34.9. The first-order valence-electron chi connectivity index (χ1n) is 21.0. The molecule has 0 saturated heterocycles. The van der Waals surface area contributed by atoms with Gasteiger partial charge in [-0.25, -0.2) is 14.6 Å². The van der Waals surface area contributed by atoms with Gasteiger partial charge in [-0.05, 0) is 65.2 Å². The summed E-state index contributed by atoms with van der Waals surface area (Å²) in [6.07, 6.45) is 7.10. The third kappa shape index (κ3) is 7.34. The van der Waals surface area contributed by atoms with E-state index in [4.69, 9.17) is 23.9 Å². The molecule has 17 heteroatoms. The van der Waals surface area contributed by atoms with E-state index in [-0.39, 0.29) is 21.6 Å². The van der Waals surface area contributed by atoms with Crippen molar-refractivity contribution in [1.82, 2.24) is 4.98 Å². The summed E-state index contributed by atoms with van der Waals surface area (Å²) in [6.45, 7) is 1.70. The van der Waals surface area contributed by atoms with E-state index in [0.29, 0.717) is 48.6 Å². The van der Waals surface area contributed by atoms with Gasteiger partial charge in [-0.1, -0.05) is 54.6 Å². The SMILES string of the molecule is N#C/C(=C\C1=CC2SC(c3sc(-c4ccc5nc6ccc(-c7sc(-c8cc9sc(/C=C(\C#N)C(=O)O)cc9s8)c8c7OCCO8)cc6c(-c6ccccc6)c5c4)c4c3OCCO4)=CC2S1)C(=O)O. The number of benzene rings is 3. The normalized spacial score (nSPS) is 17.5. The lowest BCUT2D eigenvalue weighted by Crippen LogP contribution is -2.15. The van der Waals surface area contributed by atoms with Crippen LogP contribution in [0.15, 0.2) is 113 Å². The summed E-state index contributed by atoms with van der Waals surface area (Å²) in [5.41, 5.74) is 5.14. The van der Waals surface area contributed by atoms with E-state index in [1.54, 1.807) is 69.7 Å². The van der Waals surface area contributed by atoms with Crippen LogP contribution in [-0.2, 0) is 9.59 Å². The van der Waals surface area contributed by atoms with Crippen molar-refractivity contribution in [1.29, 1.82) is 10.5 Å². The van der Waals surface area contributed by atoms with Crippen LogP contribution in [0.4, 0.5) is 0 Å². The maximum atomic E-state index is 11.5. The number of thiophene rings is 4. The van der Waals surface area contributed by atoms with Crippen LogP contribution in [0.25, 0.3) is 83.9 Å². The summed E-state index contributed by atoms with van der Waals surface area (Å²) < 4.78 is 27.4. The van der Waals surface area contributed by atoms with Gasteiger partial charge >= 0.3 is 11.9 Å². The van der Waals surface area contributed by atoms with Crippen LogP contribution in [0, 0.1) is 22.7 Å². The van der Waals surface area contributed by atoms with Crippen LogP contribution >= 0.6 is 68.9 Å². The minimum absolute atomic E-state index is 0.0854. The average Bonchev–Trinajstić information content (AvgIpc) is 4.21. The average molecular weight is 1000 g/mol. The van der Waals surface area contributed by atoms with Crippen LogP contribution in [0.1, 0.15) is 9.75 Å². The molecule has 4 aliphatic rings. The molecule has 2 atom stereocenters. The van der Waals surface area contributed by atoms with Crippen LogP contribution in [0.3, 0.4) is 0 Å². The van der Waals surface area contributed by atoms with Gasteiger partial charge < -0.3 is 29.2 Å². The first-order valence-corrected chi connectivity index (χ1v) is 26.0. The fourth-order valence-corrected chi connectivity index (χ4v) is 16.5. The van der Waals surface area contributed by atoms with Gasteiger partial charge in [0.15, 0.2) is 23.0 Å². The number of hydrogen-bond donors (Lipinski definition) is 2. The highest BCUT2D eigenvalue weighted by Gasteiger charge is 2.37. The summed E-state index contributed by atoms with van der Waals surface area (Å²) in [7, 11) is 0. The highest BCUT2D eigenvalue weighted by Crippen LogP contribution is 2.60. The first-order chi connectivity index (χ1) is 33.2. The van der Waals surface area contributed by atoms with E-state index in [0.717, 1.165) is 93.4 Å². The Kier molecular flexibility index (Phi) is 10.7. The Morgan fingerprint density at radius 1 is 0.603 bits per heavy atom. The molecule has 0 fully saturated rings. The van der Waals surface area contributed by atoms with Gasteiger partial charge in [0.2, 0.25) is 0 Å². The molecule has 4 aliphatic heterocycles. The molecule has 5 aromatic heterocycles. The number of allylic oxidation sites excluding steroid dienone is 1. The summed E-state index contributed by atoms with van der Waals surface area (Å²) in [5, 5.41) is 39.5. The van der Waals surface area contributed by atoms with Crippen molar-refractivity contribution < 1.29 is 38.7 Å². The number of hydrogen-bond acceptors (Lipinski definition) is 15. The van der Waals surface area contributed by atoms with Crippen molar-refractivity contribution in [2.75, 3.05) is 26.4 Å². The van der Waals surface area contributed by atoms with E-state index in [1.807, 2.05) is 30.3 Å². The number of thioether (sulfide) groups is 2. The smallest absolute Gasteiger partial charge is 0.346 e. The Balaban J connectivity index is 0.943. The fourth-order valence-electron chi connectivity index (χ4n) is 8.65. The minimum atomic E-state index is -1.25. The predicted octanol–water partition coefficient (Wildman–Crippen LogP) is 13.0. The Morgan fingerprint density at radius 2 is 1.16 bits per heavy atom. The van der Waals surface area contributed by atoms with Crippen molar-refractivity contribution in [3.05, 3.63) is 123 Å². The topological polar surface area (TPSA) is 172 Å². The van der Waals surface area contributed by atoms with Gasteiger partial charge in [-0.2, -0.15) is 10.5 Å². The van der Waals surface area contributed by atoms with E-state index in [9.17, 15) is 30.3 Å². The molecule has 0 spiro atoms. The van der Waals surface area contributed by atoms with Crippen LogP contribution in [0.2, 0.25) is 0 Å². The number of nitriles is 2. The molecule has 2 N–H and O–H groups in total. The number of carboxylic acid groups (broad SMARTS) is 2. The van der Waals surface area contributed by atoms with Crippen LogP contribution in [0.5, 0.6) is 23.0 Å². The number of carbonyl (C=O) groups is 2. The van der Waals surface area contributed by atoms with Crippen LogP contribution < -0.4 is 18.9 Å². The van der Waals surface area contributed by atoms with Crippen molar-refractivity contribution in [3.63, 3.8) is 0 Å². The van der Waals surface area contributed by atoms with E-state index in [1.165, 1.54) is 23.5 Å². The molecule has 11 nitrogen and oxygen atoms in total. The molecule has 332 valence electrons. The molecule has 9 heterocycles. The van der Waals surface area contributed by atoms with Gasteiger partial charge in [0.1, 0.15) is 49.7 Å². The monoisotopic (exact) mass is 1000 g/mol. The highest BCUT2D eigenvalue weighted by atomic mass is 32.2. The molecular weight excluding hydrogens is 975 g/mol. The number of carboxylic acids is 2. The molecular formula is C51H29N3O8S6. The Bertz CT molecular complexity index is 3680. The summed E-state index contributed by atoms with van der Waals surface area (Å²) in [5.74, 6) is 0.359. The maximum absolute atomic E-state index is 11.5. The summed E-state index contributed by atoms with van der Waals surface area (Å²) >= 11 is 9.54. The molecule has 3 aromatic carbocycles. The third-order valence-corrected chi connectivity index (χ3v) is 19.3. The number of pyridine rings is 1.